The number of unbranched alkanes of at least 4 members (excludes halogenated alkanes) is 1. The third kappa shape index (κ3) is 8.74. The fourth-order valence-electron chi connectivity index (χ4n) is 0.832. The Labute approximate surface area is 91.0 Å². The van der Waals surface area contributed by atoms with Gasteiger partial charge in [0, 0.05) is 19.0 Å². The summed E-state index contributed by atoms with van der Waals surface area (Å²) in [7, 11) is -3.15. The summed E-state index contributed by atoms with van der Waals surface area (Å²) in [5.74, 6) is 0.600. The van der Waals surface area contributed by atoms with Crippen LogP contribution in [-0.4, -0.2) is 39.8 Å². The van der Waals surface area contributed by atoms with E-state index in [0.29, 0.717) is 19.0 Å². The third-order valence-electron chi connectivity index (χ3n) is 1.58. The number of sulfonamides is 1. The molecule has 0 radical (unpaired) electrons. The summed E-state index contributed by atoms with van der Waals surface area (Å²) in [4.78, 5) is 0. The molecule has 0 rings (SSSR count). The van der Waals surface area contributed by atoms with Crippen molar-refractivity contribution in [3.8, 4) is 0 Å². The largest absolute Gasteiger partial charge is 0.381 e. The molecule has 0 aliphatic rings. The van der Waals surface area contributed by atoms with Crippen LogP contribution in [0, 0.1) is 0 Å². The standard InChI is InChI=1S/C8H18ClNO3S/c1-2-13-7-8-14(11,12)10-6-4-3-5-9/h10H,2-8H2,1H3. The first-order valence-electron chi connectivity index (χ1n) is 4.73. The van der Waals surface area contributed by atoms with E-state index in [9.17, 15) is 8.42 Å². The quantitative estimate of drug-likeness (QED) is 0.485. The minimum atomic E-state index is -3.15. The molecule has 0 amide bonds. The first kappa shape index (κ1) is 14.2. The van der Waals surface area contributed by atoms with E-state index in [1.807, 2.05) is 6.92 Å². The fraction of sp³-hybridized carbons (Fsp3) is 1.00. The molecule has 0 aliphatic heterocycles. The summed E-state index contributed by atoms with van der Waals surface area (Å²) >= 11 is 5.46. The summed E-state index contributed by atoms with van der Waals surface area (Å²) in [6.45, 7) is 3.09. The molecule has 0 saturated heterocycles. The molecule has 1 N–H and O–H groups in total. The van der Waals surface area contributed by atoms with Crippen molar-refractivity contribution in [2.24, 2.45) is 0 Å². The van der Waals surface area contributed by atoms with Gasteiger partial charge in [0.25, 0.3) is 0 Å². The Morgan fingerprint density at radius 2 is 2.07 bits per heavy atom. The van der Waals surface area contributed by atoms with Gasteiger partial charge < -0.3 is 4.74 Å². The highest BCUT2D eigenvalue weighted by Crippen LogP contribution is 1.92. The molecule has 0 aliphatic carbocycles. The molecule has 0 aromatic heterocycles. The minimum absolute atomic E-state index is 0.0295. The molecule has 0 aromatic rings. The van der Waals surface area contributed by atoms with Gasteiger partial charge in [-0.3, -0.25) is 0 Å². The minimum Gasteiger partial charge on any atom is -0.381 e. The molecule has 0 bridgehead atoms. The SMILES string of the molecule is CCOCCS(=O)(=O)NCCCCCl. The molecular formula is C8H18ClNO3S. The van der Waals surface area contributed by atoms with E-state index in [1.165, 1.54) is 0 Å². The predicted molar refractivity (Wildman–Crippen MR) is 58.2 cm³/mol. The van der Waals surface area contributed by atoms with Gasteiger partial charge in [-0.2, -0.15) is 0 Å². The van der Waals surface area contributed by atoms with Gasteiger partial charge in [-0.15, -0.1) is 11.6 Å². The Morgan fingerprint density at radius 1 is 1.36 bits per heavy atom. The number of hydrogen-bond acceptors (Lipinski definition) is 3. The van der Waals surface area contributed by atoms with Gasteiger partial charge in [0.1, 0.15) is 0 Å². The Hall–Kier alpha value is 0.160. The Morgan fingerprint density at radius 3 is 2.64 bits per heavy atom. The van der Waals surface area contributed by atoms with Crippen molar-refractivity contribution in [2.45, 2.75) is 19.8 Å². The zero-order valence-corrected chi connectivity index (χ0v) is 10.0. The van der Waals surface area contributed by atoms with Crippen LogP contribution in [0.1, 0.15) is 19.8 Å². The summed E-state index contributed by atoms with van der Waals surface area (Å²) < 4.78 is 29.9. The summed E-state index contributed by atoms with van der Waals surface area (Å²) in [5, 5.41) is 0. The Bertz CT molecular complexity index is 219. The lowest BCUT2D eigenvalue weighted by Crippen LogP contribution is -2.29. The van der Waals surface area contributed by atoms with Gasteiger partial charge in [-0.1, -0.05) is 0 Å². The normalized spacial score (nSPS) is 11.9. The van der Waals surface area contributed by atoms with Crippen molar-refractivity contribution in [1.82, 2.24) is 4.72 Å². The van der Waals surface area contributed by atoms with Gasteiger partial charge in [0.2, 0.25) is 10.0 Å². The van der Waals surface area contributed by atoms with Crippen LogP contribution in [0.2, 0.25) is 0 Å². The second kappa shape index (κ2) is 8.47. The summed E-state index contributed by atoms with van der Waals surface area (Å²) in [5.41, 5.74) is 0. The van der Waals surface area contributed by atoms with Crippen LogP contribution < -0.4 is 4.72 Å². The van der Waals surface area contributed by atoms with E-state index < -0.39 is 10.0 Å². The molecule has 0 heterocycles. The van der Waals surface area contributed by atoms with Crippen LogP contribution in [0.25, 0.3) is 0 Å². The second-order valence-corrected chi connectivity index (χ2v) is 5.11. The molecule has 86 valence electrons. The highest BCUT2D eigenvalue weighted by Gasteiger charge is 2.08. The molecule has 14 heavy (non-hydrogen) atoms. The first-order valence-corrected chi connectivity index (χ1v) is 6.92. The zero-order chi connectivity index (χ0) is 10.9. The van der Waals surface area contributed by atoms with Crippen LogP contribution in [0.5, 0.6) is 0 Å². The molecule has 0 atom stereocenters. The lowest BCUT2D eigenvalue weighted by atomic mass is 10.3. The Kier molecular flexibility index (Phi) is 8.56. The number of alkyl halides is 1. The maximum atomic E-state index is 11.2. The van der Waals surface area contributed by atoms with Crippen molar-refractivity contribution in [3.05, 3.63) is 0 Å². The highest BCUT2D eigenvalue weighted by molar-refractivity contribution is 7.89. The van der Waals surface area contributed by atoms with Crippen molar-refractivity contribution in [2.75, 3.05) is 31.4 Å². The van der Waals surface area contributed by atoms with Crippen molar-refractivity contribution < 1.29 is 13.2 Å². The number of nitrogens with one attached hydrogen (secondary N) is 1. The van der Waals surface area contributed by atoms with E-state index in [4.69, 9.17) is 16.3 Å². The van der Waals surface area contributed by atoms with Crippen LogP contribution in [0.15, 0.2) is 0 Å². The fourth-order valence-corrected chi connectivity index (χ4v) is 1.96. The van der Waals surface area contributed by atoms with E-state index in [1.54, 1.807) is 0 Å². The van der Waals surface area contributed by atoms with Crippen LogP contribution in [0.4, 0.5) is 0 Å². The Balaban J connectivity index is 3.52. The van der Waals surface area contributed by atoms with Crippen LogP contribution >= 0.6 is 11.6 Å². The van der Waals surface area contributed by atoms with Gasteiger partial charge in [-0.25, -0.2) is 13.1 Å². The molecule has 0 saturated carbocycles. The highest BCUT2D eigenvalue weighted by atomic mass is 35.5. The van der Waals surface area contributed by atoms with Crippen molar-refractivity contribution in [3.63, 3.8) is 0 Å². The number of halogens is 1. The van der Waals surface area contributed by atoms with Crippen molar-refractivity contribution in [1.29, 1.82) is 0 Å². The molecule has 6 heteroatoms. The lowest BCUT2D eigenvalue weighted by Gasteiger charge is -2.05. The lowest BCUT2D eigenvalue weighted by molar-refractivity contribution is 0.163. The number of rotatable bonds is 9. The average Bonchev–Trinajstić information content (AvgIpc) is 2.13. The van der Waals surface area contributed by atoms with E-state index in [0.717, 1.165) is 12.8 Å². The van der Waals surface area contributed by atoms with Crippen LogP contribution in [0.3, 0.4) is 0 Å². The average molecular weight is 244 g/mol. The van der Waals surface area contributed by atoms with Crippen molar-refractivity contribution >= 4 is 21.6 Å². The molecule has 0 fully saturated rings. The van der Waals surface area contributed by atoms with Gasteiger partial charge >= 0.3 is 0 Å². The molecule has 0 spiro atoms. The smallest absolute Gasteiger partial charge is 0.213 e. The second-order valence-electron chi connectivity index (χ2n) is 2.81. The molecular weight excluding hydrogens is 226 g/mol. The number of ether oxygens (including phenoxy) is 1. The van der Waals surface area contributed by atoms with E-state index >= 15 is 0 Å². The predicted octanol–water partition coefficient (Wildman–Crippen LogP) is 0.961. The maximum Gasteiger partial charge on any atom is 0.213 e. The van der Waals surface area contributed by atoms with Gasteiger partial charge in [0.05, 0.1) is 12.4 Å². The third-order valence-corrected chi connectivity index (χ3v) is 3.20. The summed E-state index contributed by atoms with van der Waals surface area (Å²) in [6.07, 6.45) is 1.60. The summed E-state index contributed by atoms with van der Waals surface area (Å²) in [6, 6.07) is 0. The first-order chi connectivity index (χ1) is 6.62. The zero-order valence-electron chi connectivity index (χ0n) is 8.46. The topological polar surface area (TPSA) is 55.4 Å². The van der Waals surface area contributed by atoms with E-state index in [-0.39, 0.29) is 12.4 Å². The molecule has 4 nitrogen and oxygen atoms in total. The monoisotopic (exact) mass is 243 g/mol. The van der Waals surface area contributed by atoms with Gasteiger partial charge in [-0.05, 0) is 19.8 Å². The van der Waals surface area contributed by atoms with Gasteiger partial charge in [0.15, 0.2) is 0 Å². The number of hydrogen-bond donors (Lipinski definition) is 1. The van der Waals surface area contributed by atoms with E-state index in [2.05, 4.69) is 4.72 Å². The molecule has 0 aromatic carbocycles. The molecule has 0 unspecified atom stereocenters. The van der Waals surface area contributed by atoms with Crippen LogP contribution in [-0.2, 0) is 14.8 Å². The maximum absolute atomic E-state index is 11.2.